The van der Waals surface area contributed by atoms with Crippen LogP contribution in [0.3, 0.4) is 0 Å². The third-order valence-electron chi connectivity index (χ3n) is 2.68. The Balaban J connectivity index is 0.000000256. The number of hydrogen-bond acceptors (Lipinski definition) is 4. The summed E-state index contributed by atoms with van der Waals surface area (Å²) in [6, 6.07) is 11.2. The van der Waals surface area contributed by atoms with Crippen LogP contribution in [0.4, 0.5) is 24.5 Å². The molecule has 0 atom stereocenters. The molecule has 0 radical (unpaired) electrons. The van der Waals surface area contributed by atoms with Crippen molar-refractivity contribution < 1.29 is 27.5 Å². The van der Waals surface area contributed by atoms with E-state index in [0.717, 1.165) is 22.5 Å². The van der Waals surface area contributed by atoms with Crippen molar-refractivity contribution in [3.63, 3.8) is 0 Å². The number of aliphatic carboxylic acids is 1. The van der Waals surface area contributed by atoms with Gasteiger partial charge >= 0.3 is 12.1 Å². The number of aromatic nitrogens is 1. The van der Waals surface area contributed by atoms with Crippen LogP contribution in [0.1, 0.15) is 0 Å². The fourth-order valence-corrected chi connectivity index (χ4v) is 1.87. The molecule has 1 aromatic carbocycles. The van der Waals surface area contributed by atoms with Crippen molar-refractivity contribution in [2.24, 2.45) is 0 Å². The van der Waals surface area contributed by atoms with Gasteiger partial charge in [-0.3, -0.25) is 4.98 Å². The first kappa shape index (κ1) is 17.6. The van der Waals surface area contributed by atoms with E-state index < -0.39 is 12.1 Å². The predicted octanol–water partition coefficient (Wildman–Crippen LogP) is 4.86. The molecule has 0 aliphatic rings. The van der Waals surface area contributed by atoms with E-state index in [-0.39, 0.29) is 0 Å². The van der Waals surface area contributed by atoms with Crippen molar-refractivity contribution in [2.75, 3.05) is 5.32 Å². The first-order valence-corrected chi connectivity index (χ1v) is 6.80. The third-order valence-corrected chi connectivity index (χ3v) is 2.91. The Morgan fingerprint density at radius 3 is 2.58 bits per heavy atom. The molecule has 0 fully saturated rings. The molecule has 24 heavy (non-hydrogen) atoms. The minimum atomic E-state index is -5.08. The molecule has 0 saturated heterocycles. The highest BCUT2D eigenvalue weighted by atomic mass is 35.5. The molecule has 0 bridgehead atoms. The second kappa shape index (κ2) is 7.22. The van der Waals surface area contributed by atoms with Gasteiger partial charge in [-0.1, -0.05) is 17.7 Å². The molecule has 0 amide bonds. The summed E-state index contributed by atoms with van der Waals surface area (Å²) < 4.78 is 37.1. The lowest BCUT2D eigenvalue weighted by molar-refractivity contribution is -0.192. The summed E-state index contributed by atoms with van der Waals surface area (Å²) in [5.74, 6) is -2.76. The van der Waals surface area contributed by atoms with E-state index >= 15 is 0 Å². The monoisotopic (exact) mass is 358 g/mol. The Morgan fingerprint density at radius 2 is 1.96 bits per heavy atom. The van der Waals surface area contributed by atoms with Crippen molar-refractivity contribution in [1.82, 2.24) is 4.98 Å². The van der Waals surface area contributed by atoms with Crippen molar-refractivity contribution in [3.05, 3.63) is 53.9 Å². The summed E-state index contributed by atoms with van der Waals surface area (Å²) in [6.45, 7) is 0. The van der Waals surface area contributed by atoms with E-state index in [1.165, 1.54) is 0 Å². The fourth-order valence-electron chi connectivity index (χ4n) is 1.68. The van der Waals surface area contributed by atoms with Gasteiger partial charge in [0.15, 0.2) is 5.58 Å². The van der Waals surface area contributed by atoms with Crippen LogP contribution >= 0.6 is 11.6 Å². The zero-order chi connectivity index (χ0) is 17.7. The van der Waals surface area contributed by atoms with Gasteiger partial charge < -0.3 is 14.8 Å². The Labute approximate surface area is 138 Å². The molecule has 2 N–H and O–H groups in total. The van der Waals surface area contributed by atoms with E-state index in [1.807, 2.05) is 36.4 Å². The number of nitrogens with one attached hydrogen (secondary N) is 1. The molecule has 0 spiro atoms. The van der Waals surface area contributed by atoms with E-state index in [0.29, 0.717) is 5.02 Å². The first-order valence-electron chi connectivity index (χ1n) is 6.42. The number of carbonyl (C=O) groups is 1. The molecule has 3 aromatic rings. The SMILES string of the molecule is Clc1cccc(Nc2coc3cccnc23)c1.O=C(O)C(F)(F)F. The molecule has 5 nitrogen and oxygen atoms in total. The second-order valence-corrected chi connectivity index (χ2v) is 4.87. The minimum Gasteiger partial charge on any atom is -0.475 e. The zero-order valence-corrected chi connectivity index (χ0v) is 12.6. The number of nitrogens with zero attached hydrogens (tertiary/aromatic N) is 1. The lowest BCUT2D eigenvalue weighted by atomic mass is 10.3. The van der Waals surface area contributed by atoms with Gasteiger partial charge in [0.25, 0.3) is 0 Å². The van der Waals surface area contributed by atoms with Crippen molar-refractivity contribution in [1.29, 1.82) is 0 Å². The average Bonchev–Trinajstić information content (AvgIpc) is 2.90. The number of anilines is 2. The molecule has 0 aliphatic heterocycles. The fraction of sp³-hybridized carbons (Fsp3) is 0.0667. The first-order chi connectivity index (χ1) is 11.3. The molecule has 2 heterocycles. The summed E-state index contributed by atoms with van der Waals surface area (Å²) in [6.07, 6.45) is -1.69. The van der Waals surface area contributed by atoms with Crippen LogP contribution in [-0.2, 0) is 4.79 Å². The largest absolute Gasteiger partial charge is 0.490 e. The van der Waals surface area contributed by atoms with Crippen LogP contribution < -0.4 is 5.32 Å². The quantitative estimate of drug-likeness (QED) is 0.684. The maximum Gasteiger partial charge on any atom is 0.490 e. The van der Waals surface area contributed by atoms with Crippen molar-refractivity contribution >= 4 is 40.0 Å². The smallest absolute Gasteiger partial charge is 0.475 e. The number of alkyl halides is 3. The van der Waals surface area contributed by atoms with Crippen molar-refractivity contribution in [2.45, 2.75) is 6.18 Å². The van der Waals surface area contributed by atoms with Gasteiger partial charge in [-0.2, -0.15) is 13.2 Å². The number of fused-ring (bicyclic) bond motifs is 1. The van der Waals surface area contributed by atoms with Crippen LogP contribution in [0.25, 0.3) is 11.1 Å². The lowest BCUT2D eigenvalue weighted by Crippen LogP contribution is -2.21. The van der Waals surface area contributed by atoms with E-state index in [1.54, 1.807) is 12.5 Å². The zero-order valence-electron chi connectivity index (χ0n) is 11.8. The predicted molar refractivity (Wildman–Crippen MR) is 82.4 cm³/mol. The summed E-state index contributed by atoms with van der Waals surface area (Å²) in [5.41, 5.74) is 3.32. The molecule has 9 heteroatoms. The number of carboxylic acid groups (broad SMARTS) is 1. The number of halogens is 4. The van der Waals surface area contributed by atoms with Crippen LogP contribution in [0.5, 0.6) is 0 Å². The van der Waals surface area contributed by atoms with Crippen LogP contribution in [0.2, 0.25) is 5.02 Å². The van der Waals surface area contributed by atoms with E-state index in [2.05, 4.69) is 10.3 Å². The Hall–Kier alpha value is -2.74. The molecule has 126 valence electrons. The summed E-state index contributed by atoms with van der Waals surface area (Å²) in [7, 11) is 0. The van der Waals surface area contributed by atoms with Gasteiger partial charge in [0.1, 0.15) is 17.5 Å². The van der Waals surface area contributed by atoms with Gasteiger partial charge in [-0.05, 0) is 30.3 Å². The lowest BCUT2D eigenvalue weighted by Gasteiger charge is -2.03. The number of furan rings is 1. The maximum atomic E-state index is 10.6. The Kier molecular flexibility index (Phi) is 5.30. The van der Waals surface area contributed by atoms with E-state index in [4.69, 9.17) is 25.9 Å². The maximum absolute atomic E-state index is 10.6. The molecular weight excluding hydrogens is 349 g/mol. The van der Waals surface area contributed by atoms with Crippen molar-refractivity contribution in [3.8, 4) is 0 Å². The standard InChI is InChI=1S/C13H9ClN2O.C2HF3O2/c14-9-3-1-4-10(7-9)16-11-8-17-12-5-2-6-15-13(11)12;3-2(4,5)1(6)7/h1-8,16H;(H,6,7). The van der Waals surface area contributed by atoms with Gasteiger partial charge in [0.2, 0.25) is 0 Å². The molecule has 0 aliphatic carbocycles. The molecule has 2 aromatic heterocycles. The second-order valence-electron chi connectivity index (χ2n) is 4.44. The highest BCUT2D eigenvalue weighted by Gasteiger charge is 2.38. The van der Waals surface area contributed by atoms with Gasteiger partial charge in [-0.25, -0.2) is 4.79 Å². The van der Waals surface area contributed by atoms with Gasteiger partial charge in [0, 0.05) is 16.9 Å². The van der Waals surface area contributed by atoms with E-state index in [9.17, 15) is 13.2 Å². The van der Waals surface area contributed by atoms with Crippen LogP contribution in [0, 0.1) is 0 Å². The summed E-state index contributed by atoms with van der Waals surface area (Å²) >= 11 is 5.92. The van der Waals surface area contributed by atoms with Crippen LogP contribution in [0.15, 0.2) is 53.3 Å². The van der Waals surface area contributed by atoms with Gasteiger partial charge in [-0.15, -0.1) is 0 Å². The Bertz CT molecular complexity index is 849. The summed E-state index contributed by atoms with van der Waals surface area (Å²) in [4.78, 5) is 13.2. The van der Waals surface area contributed by atoms with Crippen LogP contribution in [-0.4, -0.2) is 22.2 Å². The Morgan fingerprint density at radius 1 is 1.25 bits per heavy atom. The molecule has 0 saturated carbocycles. The number of pyridine rings is 1. The normalized spacial score (nSPS) is 10.8. The topological polar surface area (TPSA) is 75.4 Å². The molecule has 3 rings (SSSR count). The van der Waals surface area contributed by atoms with Gasteiger partial charge in [0.05, 0.1) is 0 Å². The highest BCUT2D eigenvalue weighted by Crippen LogP contribution is 2.27. The third kappa shape index (κ3) is 4.63. The molecular formula is C15H10ClF3N2O3. The number of rotatable bonds is 2. The molecule has 0 unspecified atom stereocenters. The number of benzene rings is 1. The number of hydrogen-bond donors (Lipinski definition) is 2. The average molecular weight is 359 g/mol. The highest BCUT2D eigenvalue weighted by molar-refractivity contribution is 6.30. The summed E-state index contributed by atoms with van der Waals surface area (Å²) in [5, 5.41) is 11.0. The minimum absolute atomic E-state index is 0.691. The number of carboxylic acids is 1.